The minimum atomic E-state index is -0.00534. The second kappa shape index (κ2) is 8.84. The van der Waals surface area contributed by atoms with Crippen molar-refractivity contribution in [3.05, 3.63) is 65.2 Å². The molecule has 0 bridgehead atoms. The SMILES string of the molecule is CCN1CCN(c2cc(C)c3cc(NC(=O)Cc4ccc(C)cc4)ccc3n2)CC1. The van der Waals surface area contributed by atoms with Crippen LogP contribution in [-0.4, -0.2) is 48.5 Å². The van der Waals surface area contributed by atoms with E-state index in [1.165, 1.54) is 11.1 Å². The van der Waals surface area contributed by atoms with Gasteiger partial charge >= 0.3 is 0 Å². The first-order valence-corrected chi connectivity index (χ1v) is 10.8. The van der Waals surface area contributed by atoms with Crippen molar-refractivity contribution in [2.75, 3.05) is 42.9 Å². The molecule has 4 rings (SSSR count). The van der Waals surface area contributed by atoms with E-state index in [9.17, 15) is 4.79 Å². The summed E-state index contributed by atoms with van der Waals surface area (Å²) in [6.45, 7) is 11.7. The normalized spacial score (nSPS) is 14.8. The first kappa shape index (κ1) is 20.4. The number of nitrogens with zero attached hydrogens (tertiary/aromatic N) is 3. The highest BCUT2D eigenvalue weighted by molar-refractivity contribution is 5.95. The first-order valence-electron chi connectivity index (χ1n) is 10.8. The lowest BCUT2D eigenvalue weighted by Gasteiger charge is -2.35. The van der Waals surface area contributed by atoms with Crippen LogP contribution in [0.15, 0.2) is 48.5 Å². The molecule has 0 saturated carbocycles. The molecule has 1 aromatic heterocycles. The van der Waals surface area contributed by atoms with Crippen molar-refractivity contribution in [1.29, 1.82) is 0 Å². The van der Waals surface area contributed by atoms with Gasteiger partial charge in [-0.25, -0.2) is 4.98 Å². The Balaban J connectivity index is 1.48. The van der Waals surface area contributed by atoms with Crippen molar-refractivity contribution in [3.8, 4) is 0 Å². The Morgan fingerprint density at radius 2 is 1.73 bits per heavy atom. The van der Waals surface area contributed by atoms with Gasteiger partial charge in [-0.2, -0.15) is 0 Å². The van der Waals surface area contributed by atoms with E-state index in [1.807, 2.05) is 49.4 Å². The molecule has 1 fully saturated rings. The predicted octanol–water partition coefficient (Wildman–Crippen LogP) is 4.17. The zero-order chi connectivity index (χ0) is 21.1. The van der Waals surface area contributed by atoms with Gasteiger partial charge in [0, 0.05) is 37.3 Å². The van der Waals surface area contributed by atoms with Crippen LogP contribution in [-0.2, 0) is 11.2 Å². The molecule has 0 radical (unpaired) electrons. The first-order chi connectivity index (χ1) is 14.5. The summed E-state index contributed by atoms with van der Waals surface area (Å²) in [4.78, 5) is 22.2. The van der Waals surface area contributed by atoms with Gasteiger partial charge in [-0.15, -0.1) is 0 Å². The highest BCUT2D eigenvalue weighted by Gasteiger charge is 2.18. The van der Waals surface area contributed by atoms with Gasteiger partial charge in [0.05, 0.1) is 11.9 Å². The monoisotopic (exact) mass is 402 g/mol. The average molecular weight is 403 g/mol. The summed E-state index contributed by atoms with van der Waals surface area (Å²) in [6, 6.07) is 16.2. The van der Waals surface area contributed by atoms with E-state index in [0.717, 1.165) is 60.7 Å². The highest BCUT2D eigenvalue weighted by Crippen LogP contribution is 2.26. The molecule has 5 nitrogen and oxygen atoms in total. The van der Waals surface area contributed by atoms with E-state index in [2.05, 4.69) is 35.0 Å². The van der Waals surface area contributed by atoms with Gasteiger partial charge in [0.25, 0.3) is 0 Å². The molecule has 1 N–H and O–H groups in total. The zero-order valence-corrected chi connectivity index (χ0v) is 18.1. The molecule has 1 saturated heterocycles. The van der Waals surface area contributed by atoms with E-state index in [4.69, 9.17) is 4.98 Å². The van der Waals surface area contributed by atoms with E-state index in [-0.39, 0.29) is 5.91 Å². The number of nitrogens with one attached hydrogen (secondary N) is 1. The van der Waals surface area contributed by atoms with Crippen molar-refractivity contribution < 1.29 is 4.79 Å². The van der Waals surface area contributed by atoms with Crippen LogP contribution >= 0.6 is 0 Å². The molecule has 1 amide bonds. The third-order valence-electron chi connectivity index (χ3n) is 5.91. The van der Waals surface area contributed by atoms with Gasteiger partial charge in [-0.3, -0.25) is 4.79 Å². The Morgan fingerprint density at radius 1 is 1.00 bits per heavy atom. The summed E-state index contributed by atoms with van der Waals surface area (Å²) in [7, 11) is 0. The standard InChI is InChI=1S/C25H30N4O/c1-4-28-11-13-29(14-12-28)24-15-19(3)22-17-21(9-10-23(22)27-24)26-25(30)16-20-7-5-18(2)6-8-20/h5-10,15,17H,4,11-14,16H2,1-3H3,(H,26,30). The number of amides is 1. The second-order valence-electron chi connectivity index (χ2n) is 8.16. The molecular formula is C25H30N4O. The van der Waals surface area contributed by atoms with Gasteiger partial charge in [0.2, 0.25) is 5.91 Å². The minimum absolute atomic E-state index is 0.00534. The number of rotatable bonds is 5. The van der Waals surface area contributed by atoms with Crippen molar-refractivity contribution in [3.63, 3.8) is 0 Å². The van der Waals surface area contributed by atoms with Gasteiger partial charge in [0.15, 0.2) is 0 Å². The van der Waals surface area contributed by atoms with Crippen LogP contribution in [0.5, 0.6) is 0 Å². The fraction of sp³-hybridized carbons (Fsp3) is 0.360. The predicted molar refractivity (Wildman–Crippen MR) is 124 cm³/mol. The van der Waals surface area contributed by atoms with E-state index in [0.29, 0.717) is 6.42 Å². The maximum Gasteiger partial charge on any atom is 0.228 e. The molecule has 0 unspecified atom stereocenters. The quantitative estimate of drug-likeness (QED) is 0.696. The average Bonchev–Trinajstić information content (AvgIpc) is 2.75. The van der Waals surface area contributed by atoms with Gasteiger partial charge in [-0.05, 0) is 55.8 Å². The number of hydrogen-bond donors (Lipinski definition) is 1. The third kappa shape index (κ3) is 4.62. The molecule has 2 aromatic carbocycles. The number of anilines is 2. The summed E-state index contributed by atoms with van der Waals surface area (Å²) in [6.07, 6.45) is 0.373. The largest absolute Gasteiger partial charge is 0.354 e. The molecule has 1 aliphatic rings. The molecular weight excluding hydrogens is 372 g/mol. The number of pyridine rings is 1. The van der Waals surface area contributed by atoms with Crippen LogP contribution in [0, 0.1) is 13.8 Å². The lowest BCUT2D eigenvalue weighted by molar-refractivity contribution is -0.115. The lowest BCUT2D eigenvalue weighted by Crippen LogP contribution is -2.46. The number of carbonyl (C=O) groups excluding carboxylic acids is 1. The Kier molecular flexibility index (Phi) is 6.00. The van der Waals surface area contributed by atoms with Gasteiger partial charge in [-0.1, -0.05) is 36.8 Å². The number of piperazine rings is 1. The van der Waals surface area contributed by atoms with Crippen molar-refractivity contribution >= 4 is 28.3 Å². The molecule has 156 valence electrons. The molecule has 0 aliphatic carbocycles. The molecule has 5 heteroatoms. The molecule has 2 heterocycles. The van der Waals surface area contributed by atoms with Crippen LogP contribution in [0.3, 0.4) is 0 Å². The fourth-order valence-corrected chi connectivity index (χ4v) is 4.01. The maximum atomic E-state index is 12.5. The van der Waals surface area contributed by atoms with Crippen LogP contribution in [0.1, 0.15) is 23.6 Å². The number of hydrogen-bond acceptors (Lipinski definition) is 4. The van der Waals surface area contributed by atoms with Crippen molar-refractivity contribution in [1.82, 2.24) is 9.88 Å². The molecule has 0 atom stereocenters. The summed E-state index contributed by atoms with van der Waals surface area (Å²) >= 11 is 0. The number of aromatic nitrogens is 1. The Bertz CT molecular complexity index is 1040. The van der Waals surface area contributed by atoms with E-state index >= 15 is 0 Å². The zero-order valence-electron chi connectivity index (χ0n) is 18.1. The number of carbonyl (C=O) groups is 1. The van der Waals surface area contributed by atoms with Gasteiger partial charge in [0.1, 0.15) is 5.82 Å². The van der Waals surface area contributed by atoms with Crippen LogP contribution in [0.25, 0.3) is 10.9 Å². The Morgan fingerprint density at radius 3 is 2.43 bits per heavy atom. The smallest absolute Gasteiger partial charge is 0.228 e. The Hall–Kier alpha value is -2.92. The van der Waals surface area contributed by atoms with E-state index < -0.39 is 0 Å². The summed E-state index contributed by atoms with van der Waals surface area (Å²) in [5, 5.41) is 4.11. The number of likely N-dealkylation sites (N-methyl/N-ethyl adjacent to an activating group) is 1. The third-order valence-corrected chi connectivity index (χ3v) is 5.91. The summed E-state index contributed by atoms with van der Waals surface area (Å²) in [5.41, 5.74) is 5.18. The molecule has 3 aromatic rings. The molecule has 0 spiro atoms. The number of aryl methyl sites for hydroxylation is 2. The van der Waals surface area contributed by atoms with Crippen molar-refractivity contribution in [2.24, 2.45) is 0 Å². The molecule has 1 aliphatic heterocycles. The van der Waals surface area contributed by atoms with Crippen LogP contribution in [0.4, 0.5) is 11.5 Å². The molecule has 30 heavy (non-hydrogen) atoms. The van der Waals surface area contributed by atoms with Crippen molar-refractivity contribution in [2.45, 2.75) is 27.2 Å². The maximum absolute atomic E-state index is 12.5. The van der Waals surface area contributed by atoms with Crippen LogP contribution in [0.2, 0.25) is 0 Å². The van der Waals surface area contributed by atoms with Gasteiger partial charge < -0.3 is 15.1 Å². The highest BCUT2D eigenvalue weighted by atomic mass is 16.1. The number of fused-ring (bicyclic) bond motifs is 1. The Labute approximate surface area is 178 Å². The fourth-order valence-electron chi connectivity index (χ4n) is 4.01. The summed E-state index contributed by atoms with van der Waals surface area (Å²) < 4.78 is 0. The lowest BCUT2D eigenvalue weighted by atomic mass is 10.1. The summed E-state index contributed by atoms with van der Waals surface area (Å²) in [5.74, 6) is 1.04. The second-order valence-corrected chi connectivity index (χ2v) is 8.16. The number of benzene rings is 2. The van der Waals surface area contributed by atoms with Crippen LogP contribution < -0.4 is 10.2 Å². The minimum Gasteiger partial charge on any atom is -0.354 e. The topological polar surface area (TPSA) is 48.5 Å². The van der Waals surface area contributed by atoms with E-state index in [1.54, 1.807) is 0 Å².